The zero-order valence-electron chi connectivity index (χ0n) is 7.46. The fourth-order valence-corrected chi connectivity index (χ4v) is 2.07. The third-order valence-electron chi connectivity index (χ3n) is 2.94. The molecule has 2 atom stereocenters. The molecule has 1 aliphatic carbocycles. The Balaban J connectivity index is 2.89. The van der Waals surface area contributed by atoms with Crippen LogP contribution in [0.15, 0.2) is 0 Å². The van der Waals surface area contributed by atoms with Crippen molar-refractivity contribution in [2.75, 3.05) is 0 Å². The van der Waals surface area contributed by atoms with E-state index in [1.807, 2.05) is 0 Å². The highest BCUT2D eigenvalue weighted by molar-refractivity contribution is 5.87. The lowest BCUT2D eigenvalue weighted by Gasteiger charge is -2.24. The number of hydrogen-bond donors (Lipinski definition) is 1. The minimum Gasteiger partial charge on any atom is -0.481 e. The van der Waals surface area contributed by atoms with E-state index in [1.54, 1.807) is 6.92 Å². The van der Waals surface area contributed by atoms with E-state index in [0.29, 0.717) is 6.42 Å². The van der Waals surface area contributed by atoms with E-state index in [4.69, 9.17) is 5.11 Å². The van der Waals surface area contributed by atoms with Crippen LogP contribution in [0.1, 0.15) is 33.1 Å². The molecule has 12 heavy (non-hydrogen) atoms. The summed E-state index contributed by atoms with van der Waals surface area (Å²) in [4.78, 5) is 22.0. The summed E-state index contributed by atoms with van der Waals surface area (Å²) in [7, 11) is 0. The van der Waals surface area contributed by atoms with Gasteiger partial charge in [-0.15, -0.1) is 0 Å². The van der Waals surface area contributed by atoms with Gasteiger partial charge in [-0.05, 0) is 26.7 Å². The molecule has 1 N–H and O–H groups in total. The first-order valence-corrected chi connectivity index (χ1v) is 4.22. The quantitative estimate of drug-likeness (QED) is 0.682. The summed E-state index contributed by atoms with van der Waals surface area (Å²) < 4.78 is 0. The number of carbonyl (C=O) groups is 2. The standard InChI is InChI=1S/C9H14O3/c1-6(10)7-4-3-5-9(7,2)8(11)12/h7H,3-5H2,1-2H3,(H,11,12)/t7-,9-/m0/s1. The van der Waals surface area contributed by atoms with E-state index >= 15 is 0 Å². The van der Waals surface area contributed by atoms with Crippen LogP contribution in [0.25, 0.3) is 0 Å². The van der Waals surface area contributed by atoms with Crippen LogP contribution in [0.2, 0.25) is 0 Å². The minimum atomic E-state index is -0.833. The molecule has 0 aliphatic heterocycles. The molecule has 0 saturated heterocycles. The molecule has 1 saturated carbocycles. The Bertz CT molecular complexity index is 222. The van der Waals surface area contributed by atoms with Crippen molar-refractivity contribution < 1.29 is 14.7 Å². The average Bonchev–Trinajstić information content (AvgIpc) is 2.32. The molecule has 0 amide bonds. The number of Topliss-reactive ketones (excluding diaryl/α,β-unsaturated/α-hetero) is 1. The van der Waals surface area contributed by atoms with Crippen LogP contribution in [0.5, 0.6) is 0 Å². The van der Waals surface area contributed by atoms with Crippen LogP contribution >= 0.6 is 0 Å². The zero-order valence-corrected chi connectivity index (χ0v) is 7.46. The molecular weight excluding hydrogens is 156 g/mol. The van der Waals surface area contributed by atoms with E-state index in [1.165, 1.54) is 6.92 Å². The molecule has 0 unspecified atom stereocenters. The Hall–Kier alpha value is -0.860. The van der Waals surface area contributed by atoms with Crippen molar-refractivity contribution in [3.63, 3.8) is 0 Å². The Morgan fingerprint density at radius 2 is 2.08 bits per heavy atom. The third kappa shape index (κ3) is 1.24. The lowest BCUT2D eigenvalue weighted by atomic mass is 9.78. The predicted molar refractivity (Wildman–Crippen MR) is 43.8 cm³/mol. The van der Waals surface area contributed by atoms with Gasteiger partial charge in [0.1, 0.15) is 5.78 Å². The van der Waals surface area contributed by atoms with Gasteiger partial charge in [0.2, 0.25) is 0 Å². The Kier molecular flexibility index (Phi) is 2.22. The van der Waals surface area contributed by atoms with Crippen molar-refractivity contribution in [3.05, 3.63) is 0 Å². The van der Waals surface area contributed by atoms with Gasteiger partial charge in [0.15, 0.2) is 0 Å². The van der Waals surface area contributed by atoms with Crippen LogP contribution in [0, 0.1) is 11.3 Å². The van der Waals surface area contributed by atoms with E-state index in [9.17, 15) is 9.59 Å². The number of hydrogen-bond acceptors (Lipinski definition) is 2. The van der Waals surface area contributed by atoms with Gasteiger partial charge in [0.25, 0.3) is 0 Å². The average molecular weight is 170 g/mol. The summed E-state index contributed by atoms with van der Waals surface area (Å²) >= 11 is 0. The molecule has 1 aliphatic rings. The summed E-state index contributed by atoms with van der Waals surface area (Å²) in [6.07, 6.45) is 2.22. The van der Waals surface area contributed by atoms with E-state index < -0.39 is 11.4 Å². The molecular formula is C9H14O3. The molecule has 0 aromatic carbocycles. The molecule has 0 aromatic heterocycles. The van der Waals surface area contributed by atoms with Crippen LogP contribution in [-0.2, 0) is 9.59 Å². The van der Waals surface area contributed by atoms with Gasteiger partial charge in [-0.1, -0.05) is 6.42 Å². The lowest BCUT2D eigenvalue weighted by Crippen LogP contribution is -2.34. The maximum Gasteiger partial charge on any atom is 0.310 e. The van der Waals surface area contributed by atoms with Crippen molar-refractivity contribution in [2.24, 2.45) is 11.3 Å². The molecule has 1 fully saturated rings. The SMILES string of the molecule is CC(=O)[C@@H]1CCC[C@]1(C)C(=O)O. The molecule has 0 heterocycles. The van der Waals surface area contributed by atoms with Gasteiger partial charge in [-0.3, -0.25) is 9.59 Å². The molecule has 0 bridgehead atoms. The van der Waals surface area contributed by atoms with Gasteiger partial charge in [-0.25, -0.2) is 0 Å². The Morgan fingerprint density at radius 3 is 2.42 bits per heavy atom. The Morgan fingerprint density at radius 1 is 1.50 bits per heavy atom. The molecule has 68 valence electrons. The number of carboxylic acids is 1. The van der Waals surface area contributed by atoms with E-state index in [-0.39, 0.29) is 11.7 Å². The third-order valence-corrected chi connectivity index (χ3v) is 2.94. The second-order valence-corrected chi connectivity index (χ2v) is 3.78. The van der Waals surface area contributed by atoms with Gasteiger partial charge >= 0.3 is 5.97 Å². The van der Waals surface area contributed by atoms with Crippen molar-refractivity contribution in [1.82, 2.24) is 0 Å². The highest BCUT2D eigenvalue weighted by Gasteiger charge is 2.47. The molecule has 0 spiro atoms. The summed E-state index contributed by atoms with van der Waals surface area (Å²) in [5.74, 6) is -1.09. The minimum absolute atomic E-state index is 0.0115. The van der Waals surface area contributed by atoms with Crippen molar-refractivity contribution >= 4 is 11.8 Å². The first-order valence-electron chi connectivity index (χ1n) is 4.22. The van der Waals surface area contributed by atoms with Crippen LogP contribution in [0.3, 0.4) is 0 Å². The largest absolute Gasteiger partial charge is 0.481 e. The van der Waals surface area contributed by atoms with Gasteiger partial charge in [0.05, 0.1) is 5.41 Å². The van der Waals surface area contributed by atoms with Crippen LogP contribution in [-0.4, -0.2) is 16.9 Å². The molecule has 0 aromatic rings. The maximum atomic E-state index is 11.1. The normalized spacial score (nSPS) is 35.0. The van der Waals surface area contributed by atoms with E-state index in [2.05, 4.69) is 0 Å². The number of carbonyl (C=O) groups excluding carboxylic acids is 1. The Labute approximate surface area is 71.8 Å². The van der Waals surface area contributed by atoms with Crippen molar-refractivity contribution in [3.8, 4) is 0 Å². The predicted octanol–water partition coefficient (Wildman–Crippen LogP) is 1.47. The number of rotatable bonds is 2. The monoisotopic (exact) mass is 170 g/mol. The second kappa shape index (κ2) is 2.88. The van der Waals surface area contributed by atoms with Gasteiger partial charge < -0.3 is 5.11 Å². The first kappa shape index (κ1) is 9.23. The first-order chi connectivity index (χ1) is 5.48. The molecule has 3 nitrogen and oxygen atoms in total. The molecule has 3 heteroatoms. The van der Waals surface area contributed by atoms with Crippen LogP contribution < -0.4 is 0 Å². The highest BCUT2D eigenvalue weighted by atomic mass is 16.4. The van der Waals surface area contributed by atoms with Gasteiger partial charge in [0, 0.05) is 5.92 Å². The topological polar surface area (TPSA) is 54.4 Å². The zero-order chi connectivity index (χ0) is 9.35. The maximum absolute atomic E-state index is 11.1. The number of carboxylic acid groups (broad SMARTS) is 1. The summed E-state index contributed by atoms with van der Waals surface area (Å²) in [5.41, 5.74) is -0.800. The summed E-state index contributed by atoms with van der Waals surface area (Å²) in [5, 5.41) is 8.94. The lowest BCUT2D eigenvalue weighted by molar-refractivity contribution is -0.152. The molecule has 0 radical (unpaired) electrons. The summed E-state index contributed by atoms with van der Waals surface area (Å²) in [6.45, 7) is 3.16. The fraction of sp³-hybridized carbons (Fsp3) is 0.778. The molecule has 1 rings (SSSR count). The summed E-state index contributed by atoms with van der Waals surface area (Å²) in [6, 6.07) is 0. The smallest absolute Gasteiger partial charge is 0.310 e. The number of ketones is 1. The second-order valence-electron chi connectivity index (χ2n) is 3.78. The van der Waals surface area contributed by atoms with E-state index in [0.717, 1.165) is 12.8 Å². The van der Waals surface area contributed by atoms with Crippen LogP contribution in [0.4, 0.5) is 0 Å². The fourth-order valence-electron chi connectivity index (χ4n) is 2.07. The van der Waals surface area contributed by atoms with Gasteiger partial charge in [-0.2, -0.15) is 0 Å². The number of aliphatic carboxylic acids is 1. The van der Waals surface area contributed by atoms with Crippen molar-refractivity contribution in [1.29, 1.82) is 0 Å². The van der Waals surface area contributed by atoms with Crippen molar-refractivity contribution in [2.45, 2.75) is 33.1 Å². The highest BCUT2D eigenvalue weighted by Crippen LogP contribution is 2.43.